The highest BCUT2D eigenvalue weighted by molar-refractivity contribution is 7.87. The molecule has 31 heavy (non-hydrogen) atoms. The Hall–Kier alpha value is -3.11. The van der Waals surface area contributed by atoms with Gasteiger partial charge in [-0.05, 0) is 49.2 Å². The molecule has 1 fully saturated rings. The number of hydrogen-bond donors (Lipinski definition) is 2. The van der Waals surface area contributed by atoms with Crippen LogP contribution in [0.3, 0.4) is 0 Å². The number of nitrogens with zero attached hydrogens (tertiary/aromatic N) is 1. The Bertz CT molecular complexity index is 1300. The summed E-state index contributed by atoms with van der Waals surface area (Å²) in [6, 6.07) is 10.7. The largest absolute Gasteiger partial charge is 0.356 e. The maximum absolute atomic E-state index is 14.3. The third-order valence-corrected chi connectivity index (χ3v) is 6.49. The summed E-state index contributed by atoms with van der Waals surface area (Å²) in [5.74, 6) is -2.59. The Balaban J connectivity index is 1.57. The average molecular weight is 445 g/mol. The molecule has 2 N–H and O–H groups in total. The van der Waals surface area contributed by atoms with Gasteiger partial charge in [0, 0.05) is 11.8 Å². The molecule has 0 saturated carbocycles. The zero-order valence-corrected chi connectivity index (χ0v) is 17.2. The second-order valence-corrected chi connectivity index (χ2v) is 9.11. The molecular formula is C21H20FN3O5S. The minimum atomic E-state index is -4.14. The van der Waals surface area contributed by atoms with Crippen LogP contribution in [0.5, 0.6) is 0 Å². The van der Waals surface area contributed by atoms with Gasteiger partial charge in [-0.25, -0.2) is 14.3 Å². The van der Waals surface area contributed by atoms with E-state index < -0.39 is 27.5 Å². The molecule has 0 bridgehead atoms. The van der Waals surface area contributed by atoms with Crippen molar-refractivity contribution in [3.05, 3.63) is 75.5 Å². The van der Waals surface area contributed by atoms with Crippen molar-refractivity contribution < 1.29 is 21.8 Å². The number of halogens is 1. The molecule has 0 aliphatic carbocycles. The first-order chi connectivity index (χ1) is 14.8. The predicted octanol–water partition coefficient (Wildman–Crippen LogP) is 1.75. The Morgan fingerprint density at radius 2 is 1.97 bits per heavy atom. The molecule has 3 aromatic rings. The molecule has 162 valence electrons. The van der Waals surface area contributed by atoms with E-state index in [-0.39, 0.29) is 23.7 Å². The number of aromatic nitrogens is 2. The van der Waals surface area contributed by atoms with Crippen molar-refractivity contribution in [1.29, 1.82) is 0 Å². The molecule has 1 saturated heterocycles. The van der Waals surface area contributed by atoms with E-state index in [0.717, 1.165) is 6.07 Å². The fourth-order valence-corrected chi connectivity index (χ4v) is 4.93. The van der Waals surface area contributed by atoms with Crippen LogP contribution in [-0.2, 0) is 20.7 Å². The molecule has 10 heteroatoms. The standard InChI is InChI=1S/C21H20FN3O5S/c22-18-6-5-13(10-19-15-3-1-2-4-16(15)20(26)25-24-19)9-17(18)21(27)30-31(28,29)12-14-7-8-23-11-14/h1-6,9,14,23H,7-8,10-12H2,(H,25,26)/t14-/m0/s1. The fraction of sp³-hybridized carbons (Fsp3) is 0.286. The molecule has 1 aliphatic heterocycles. The number of H-pyrrole nitrogens is 1. The number of nitrogens with one attached hydrogen (secondary N) is 2. The summed E-state index contributed by atoms with van der Waals surface area (Å²) in [6.45, 7) is 1.24. The molecule has 4 rings (SSSR count). The molecule has 0 spiro atoms. The maximum Gasteiger partial charge on any atom is 0.356 e. The van der Waals surface area contributed by atoms with Crippen molar-refractivity contribution in [1.82, 2.24) is 15.5 Å². The van der Waals surface area contributed by atoms with Gasteiger partial charge in [-0.2, -0.15) is 13.5 Å². The zero-order valence-electron chi connectivity index (χ0n) is 16.4. The summed E-state index contributed by atoms with van der Waals surface area (Å²) in [5.41, 5.74) is 0.239. The van der Waals surface area contributed by atoms with E-state index >= 15 is 0 Å². The quantitative estimate of drug-likeness (QED) is 0.555. The second kappa shape index (κ2) is 8.56. The van der Waals surface area contributed by atoms with E-state index in [9.17, 15) is 22.4 Å². The molecule has 1 atom stereocenters. The summed E-state index contributed by atoms with van der Waals surface area (Å²) in [5, 5.41) is 10.6. The lowest BCUT2D eigenvalue weighted by Crippen LogP contribution is -2.23. The van der Waals surface area contributed by atoms with E-state index in [4.69, 9.17) is 0 Å². The van der Waals surface area contributed by atoms with Crippen molar-refractivity contribution in [3.8, 4) is 0 Å². The highest BCUT2D eigenvalue weighted by Gasteiger charge is 2.27. The van der Waals surface area contributed by atoms with Crippen molar-refractivity contribution >= 4 is 26.9 Å². The lowest BCUT2D eigenvalue weighted by atomic mass is 10.0. The van der Waals surface area contributed by atoms with Crippen LogP contribution < -0.4 is 10.9 Å². The van der Waals surface area contributed by atoms with Crippen LogP contribution in [0.1, 0.15) is 28.0 Å². The van der Waals surface area contributed by atoms with Crippen LogP contribution >= 0.6 is 0 Å². The lowest BCUT2D eigenvalue weighted by molar-refractivity contribution is 0.0741. The normalized spacial score (nSPS) is 16.5. The Morgan fingerprint density at radius 3 is 2.71 bits per heavy atom. The van der Waals surface area contributed by atoms with Gasteiger partial charge in [0.25, 0.3) is 5.56 Å². The summed E-state index contributed by atoms with van der Waals surface area (Å²) in [7, 11) is -4.14. The van der Waals surface area contributed by atoms with Crippen LogP contribution in [0.4, 0.5) is 4.39 Å². The Labute approximate surface area is 177 Å². The molecule has 2 heterocycles. The molecule has 0 radical (unpaired) electrons. The van der Waals surface area contributed by atoms with Gasteiger partial charge < -0.3 is 9.50 Å². The number of fused-ring (bicyclic) bond motifs is 1. The van der Waals surface area contributed by atoms with Gasteiger partial charge in [0.05, 0.1) is 22.4 Å². The van der Waals surface area contributed by atoms with Gasteiger partial charge in [0.1, 0.15) is 5.82 Å². The summed E-state index contributed by atoms with van der Waals surface area (Å²) >= 11 is 0. The van der Waals surface area contributed by atoms with Crippen LogP contribution in [-0.4, -0.2) is 43.4 Å². The van der Waals surface area contributed by atoms with E-state index in [0.29, 0.717) is 41.5 Å². The molecular weight excluding hydrogens is 425 g/mol. The van der Waals surface area contributed by atoms with Crippen molar-refractivity contribution in [2.45, 2.75) is 12.8 Å². The summed E-state index contributed by atoms with van der Waals surface area (Å²) in [4.78, 5) is 24.3. The number of carbonyl (C=O) groups is 1. The first-order valence-electron chi connectivity index (χ1n) is 9.74. The van der Waals surface area contributed by atoms with Gasteiger partial charge >= 0.3 is 16.1 Å². The van der Waals surface area contributed by atoms with Crippen LogP contribution in [0, 0.1) is 11.7 Å². The summed E-state index contributed by atoms with van der Waals surface area (Å²) in [6.07, 6.45) is 0.860. The van der Waals surface area contributed by atoms with Gasteiger partial charge in [0.2, 0.25) is 0 Å². The van der Waals surface area contributed by atoms with Gasteiger partial charge in [-0.1, -0.05) is 24.3 Å². The molecule has 0 amide bonds. The first-order valence-corrected chi connectivity index (χ1v) is 11.3. The Morgan fingerprint density at radius 1 is 1.19 bits per heavy atom. The first kappa shape index (κ1) is 21.1. The topological polar surface area (TPSA) is 118 Å². The van der Waals surface area contributed by atoms with Gasteiger partial charge in [-0.15, -0.1) is 0 Å². The molecule has 0 unspecified atom stereocenters. The number of aromatic amines is 1. The van der Waals surface area contributed by atoms with E-state index in [2.05, 4.69) is 19.7 Å². The minimum Gasteiger partial charge on any atom is -0.341 e. The van der Waals surface area contributed by atoms with Crippen molar-refractivity contribution in [2.75, 3.05) is 18.8 Å². The Kier molecular flexibility index (Phi) is 5.84. The molecule has 1 aliphatic rings. The maximum atomic E-state index is 14.3. The monoisotopic (exact) mass is 445 g/mol. The highest BCUT2D eigenvalue weighted by Crippen LogP contribution is 2.20. The smallest absolute Gasteiger partial charge is 0.341 e. The number of hydrogen-bond acceptors (Lipinski definition) is 7. The average Bonchev–Trinajstić information content (AvgIpc) is 3.23. The van der Waals surface area contributed by atoms with Crippen molar-refractivity contribution in [2.24, 2.45) is 5.92 Å². The van der Waals surface area contributed by atoms with Crippen LogP contribution in [0.2, 0.25) is 0 Å². The predicted molar refractivity (Wildman–Crippen MR) is 112 cm³/mol. The van der Waals surface area contributed by atoms with Crippen LogP contribution in [0.25, 0.3) is 10.8 Å². The molecule has 2 aromatic carbocycles. The third kappa shape index (κ3) is 4.80. The zero-order chi connectivity index (χ0) is 22.0. The number of benzene rings is 2. The minimum absolute atomic E-state index is 0.145. The van der Waals surface area contributed by atoms with Gasteiger partial charge in [-0.3, -0.25) is 4.79 Å². The third-order valence-electron chi connectivity index (χ3n) is 5.20. The highest BCUT2D eigenvalue weighted by atomic mass is 32.2. The van der Waals surface area contributed by atoms with E-state index in [1.165, 1.54) is 12.1 Å². The second-order valence-electron chi connectivity index (χ2n) is 7.49. The SMILES string of the molecule is O=C(OS(=O)(=O)C[C@H]1CCNC1)c1cc(Cc2n[nH]c(=O)c3ccccc23)ccc1F. The number of rotatable bonds is 6. The molecule has 8 nitrogen and oxygen atoms in total. The van der Waals surface area contributed by atoms with E-state index in [1.54, 1.807) is 24.3 Å². The molecule has 1 aromatic heterocycles. The number of carbonyl (C=O) groups excluding carboxylic acids is 1. The lowest BCUT2D eigenvalue weighted by Gasteiger charge is -2.11. The summed E-state index contributed by atoms with van der Waals surface area (Å²) < 4.78 is 43.3. The fourth-order valence-electron chi connectivity index (χ4n) is 3.68. The van der Waals surface area contributed by atoms with Crippen molar-refractivity contribution in [3.63, 3.8) is 0 Å². The van der Waals surface area contributed by atoms with Gasteiger partial charge in [0.15, 0.2) is 0 Å². The van der Waals surface area contributed by atoms with Crippen LogP contribution in [0.15, 0.2) is 47.3 Å². The van der Waals surface area contributed by atoms with E-state index in [1.807, 2.05) is 0 Å².